The van der Waals surface area contributed by atoms with E-state index in [4.69, 9.17) is 5.73 Å². The van der Waals surface area contributed by atoms with E-state index < -0.39 is 29.5 Å². The molecule has 7 nitrogen and oxygen atoms in total. The summed E-state index contributed by atoms with van der Waals surface area (Å²) in [4.78, 5) is 16.8. The minimum Gasteiger partial charge on any atom is -0.388 e. The third-order valence-corrected chi connectivity index (χ3v) is 5.27. The highest BCUT2D eigenvalue weighted by Crippen LogP contribution is 2.28. The number of hydrogen-bond acceptors (Lipinski definition) is 5. The van der Waals surface area contributed by atoms with Gasteiger partial charge in [-0.05, 0) is 54.3 Å². The van der Waals surface area contributed by atoms with Crippen molar-refractivity contribution in [3.63, 3.8) is 0 Å². The first kappa shape index (κ1) is 22.3. The summed E-state index contributed by atoms with van der Waals surface area (Å²) in [6.45, 7) is 1.60. The first-order valence-electron chi connectivity index (χ1n) is 10.1. The molecular weight excluding hydrogens is 435 g/mol. The number of carbonyl (C=O) groups excluding carboxylic acids is 1. The van der Waals surface area contributed by atoms with Crippen LogP contribution >= 0.6 is 0 Å². The quantitative estimate of drug-likeness (QED) is 0.412. The number of nitrogen functional groups attached to an aromatic ring is 1. The van der Waals surface area contributed by atoms with Crippen LogP contribution in [0.2, 0.25) is 0 Å². The standard InChI is InChI=1S/C23H20F3N5O2/c1-12-2-4-15(13-7-9-31-19(11-13)29-23(27)30-31)21(26)20(12)22(33)28-8-6-18(32)14-3-5-16(24)17(25)10-14/h2-5,7,9-11,18,32H,6,8H2,1H3,(H2,27,30)(H,28,33)/t18-/m0/s1. The van der Waals surface area contributed by atoms with Crippen LogP contribution in [-0.4, -0.2) is 32.2 Å². The van der Waals surface area contributed by atoms with Crippen LogP contribution in [0.3, 0.4) is 0 Å². The number of nitrogens with two attached hydrogens (primary N) is 1. The second-order valence-electron chi connectivity index (χ2n) is 7.54. The number of nitrogens with zero attached hydrogens (tertiary/aromatic N) is 3. The fraction of sp³-hybridized carbons (Fsp3) is 0.174. The highest BCUT2D eigenvalue weighted by atomic mass is 19.2. The molecule has 0 aliphatic carbocycles. The molecular formula is C23H20F3N5O2. The lowest BCUT2D eigenvalue weighted by Crippen LogP contribution is -2.27. The highest BCUT2D eigenvalue weighted by molar-refractivity contribution is 5.97. The van der Waals surface area contributed by atoms with Crippen LogP contribution < -0.4 is 11.1 Å². The molecule has 4 rings (SSSR count). The Morgan fingerprint density at radius 3 is 2.70 bits per heavy atom. The molecule has 0 saturated heterocycles. The number of aliphatic hydroxyl groups excluding tert-OH is 1. The molecule has 2 heterocycles. The van der Waals surface area contributed by atoms with Gasteiger partial charge in [-0.25, -0.2) is 17.7 Å². The summed E-state index contributed by atoms with van der Waals surface area (Å²) in [5.41, 5.74) is 7.20. The largest absolute Gasteiger partial charge is 0.388 e. The Morgan fingerprint density at radius 1 is 1.15 bits per heavy atom. The van der Waals surface area contributed by atoms with Gasteiger partial charge in [-0.1, -0.05) is 18.2 Å². The van der Waals surface area contributed by atoms with Crippen LogP contribution in [0.1, 0.15) is 34.0 Å². The number of amides is 1. The Balaban J connectivity index is 1.50. The maximum absolute atomic E-state index is 15.4. The molecule has 170 valence electrons. The van der Waals surface area contributed by atoms with Crippen molar-refractivity contribution in [1.82, 2.24) is 19.9 Å². The van der Waals surface area contributed by atoms with E-state index in [1.807, 2.05) is 0 Å². The predicted molar refractivity (Wildman–Crippen MR) is 116 cm³/mol. The van der Waals surface area contributed by atoms with Gasteiger partial charge in [-0.15, -0.1) is 5.10 Å². The van der Waals surface area contributed by atoms with Gasteiger partial charge < -0.3 is 16.2 Å². The number of aryl methyl sites for hydroxylation is 1. The molecule has 0 unspecified atom stereocenters. The van der Waals surface area contributed by atoms with Gasteiger partial charge in [0, 0.05) is 18.3 Å². The zero-order valence-corrected chi connectivity index (χ0v) is 17.5. The Morgan fingerprint density at radius 2 is 1.94 bits per heavy atom. The van der Waals surface area contributed by atoms with Crippen molar-refractivity contribution in [1.29, 1.82) is 0 Å². The van der Waals surface area contributed by atoms with E-state index in [-0.39, 0.29) is 35.6 Å². The van der Waals surface area contributed by atoms with Gasteiger partial charge in [-0.2, -0.15) is 4.98 Å². The molecule has 0 aliphatic rings. The number of nitrogens with one attached hydrogen (secondary N) is 1. The molecule has 33 heavy (non-hydrogen) atoms. The minimum absolute atomic E-state index is 0.00686. The molecule has 4 N–H and O–H groups in total. The van der Waals surface area contributed by atoms with Crippen LogP contribution in [0, 0.1) is 24.4 Å². The smallest absolute Gasteiger partial charge is 0.254 e. The van der Waals surface area contributed by atoms with E-state index in [1.54, 1.807) is 37.4 Å². The number of aromatic nitrogens is 3. The second-order valence-corrected chi connectivity index (χ2v) is 7.54. The molecule has 0 radical (unpaired) electrons. The first-order chi connectivity index (χ1) is 15.7. The molecule has 2 aromatic carbocycles. The summed E-state index contributed by atoms with van der Waals surface area (Å²) in [7, 11) is 0. The highest BCUT2D eigenvalue weighted by Gasteiger charge is 2.20. The average Bonchev–Trinajstić information content (AvgIpc) is 3.15. The maximum atomic E-state index is 15.4. The van der Waals surface area contributed by atoms with E-state index in [9.17, 15) is 18.7 Å². The molecule has 0 aliphatic heterocycles. The zero-order chi connectivity index (χ0) is 23.7. The number of rotatable bonds is 6. The molecule has 0 fully saturated rings. The number of benzene rings is 2. The summed E-state index contributed by atoms with van der Waals surface area (Å²) >= 11 is 0. The normalized spacial score (nSPS) is 12.2. The van der Waals surface area contributed by atoms with Crippen LogP contribution in [0.15, 0.2) is 48.7 Å². The number of anilines is 1. The van der Waals surface area contributed by atoms with E-state index in [0.717, 1.165) is 12.1 Å². The summed E-state index contributed by atoms with van der Waals surface area (Å²) in [6, 6.07) is 9.52. The molecule has 2 aromatic heterocycles. The van der Waals surface area contributed by atoms with Crippen molar-refractivity contribution in [3.05, 3.63) is 82.8 Å². The maximum Gasteiger partial charge on any atom is 0.254 e. The number of halogens is 3. The Labute approximate surface area is 186 Å². The van der Waals surface area contributed by atoms with Gasteiger partial charge in [0.15, 0.2) is 17.3 Å². The van der Waals surface area contributed by atoms with Crippen molar-refractivity contribution in [2.75, 3.05) is 12.3 Å². The predicted octanol–water partition coefficient (Wildman–Crippen LogP) is 3.56. The van der Waals surface area contributed by atoms with Crippen molar-refractivity contribution < 1.29 is 23.1 Å². The van der Waals surface area contributed by atoms with Crippen LogP contribution in [0.4, 0.5) is 19.1 Å². The minimum atomic E-state index is -1.13. The third kappa shape index (κ3) is 4.51. The number of hydrogen-bond donors (Lipinski definition) is 3. The Hall–Kier alpha value is -3.92. The molecule has 10 heteroatoms. The van der Waals surface area contributed by atoms with Crippen LogP contribution in [0.5, 0.6) is 0 Å². The number of pyridine rings is 1. The fourth-order valence-corrected chi connectivity index (χ4v) is 3.54. The molecule has 4 aromatic rings. The molecule has 0 bridgehead atoms. The van der Waals surface area contributed by atoms with Crippen molar-refractivity contribution >= 4 is 17.5 Å². The summed E-state index contributed by atoms with van der Waals surface area (Å²) < 4.78 is 43.2. The first-order valence-corrected chi connectivity index (χ1v) is 10.1. The third-order valence-electron chi connectivity index (χ3n) is 5.27. The van der Waals surface area contributed by atoms with E-state index in [2.05, 4.69) is 15.4 Å². The van der Waals surface area contributed by atoms with Crippen LogP contribution in [0.25, 0.3) is 16.8 Å². The van der Waals surface area contributed by atoms with E-state index in [0.29, 0.717) is 16.8 Å². The Kier molecular flexibility index (Phi) is 6.01. The van der Waals surface area contributed by atoms with Gasteiger partial charge in [0.1, 0.15) is 5.82 Å². The van der Waals surface area contributed by atoms with Gasteiger partial charge in [0.05, 0.1) is 11.7 Å². The van der Waals surface area contributed by atoms with Crippen molar-refractivity contribution in [3.8, 4) is 11.1 Å². The zero-order valence-electron chi connectivity index (χ0n) is 17.5. The molecule has 0 spiro atoms. The van der Waals surface area contributed by atoms with Gasteiger partial charge in [-0.3, -0.25) is 4.79 Å². The lowest BCUT2D eigenvalue weighted by molar-refractivity contribution is 0.0938. The number of carbonyl (C=O) groups is 1. The van der Waals surface area contributed by atoms with Gasteiger partial charge in [0.2, 0.25) is 5.95 Å². The Bertz CT molecular complexity index is 1360. The van der Waals surface area contributed by atoms with E-state index in [1.165, 1.54) is 10.6 Å². The van der Waals surface area contributed by atoms with Crippen LogP contribution in [-0.2, 0) is 0 Å². The summed E-state index contributed by atoms with van der Waals surface area (Å²) in [5, 5.41) is 16.7. The molecule has 1 atom stereocenters. The fourth-order valence-electron chi connectivity index (χ4n) is 3.54. The summed E-state index contributed by atoms with van der Waals surface area (Å²) in [6.07, 6.45) is 0.495. The second kappa shape index (κ2) is 8.91. The SMILES string of the molecule is Cc1ccc(-c2ccn3nc(N)nc3c2)c(F)c1C(=O)NCC[C@H](O)c1ccc(F)c(F)c1. The summed E-state index contributed by atoms with van der Waals surface area (Å²) in [5.74, 6) is -3.36. The van der Waals surface area contributed by atoms with Gasteiger partial charge >= 0.3 is 0 Å². The lowest BCUT2D eigenvalue weighted by atomic mass is 9.98. The molecule has 0 saturated carbocycles. The number of aliphatic hydroxyl groups is 1. The molecule has 1 amide bonds. The van der Waals surface area contributed by atoms with E-state index >= 15 is 4.39 Å². The topological polar surface area (TPSA) is 106 Å². The van der Waals surface area contributed by atoms with Gasteiger partial charge in [0.25, 0.3) is 5.91 Å². The lowest BCUT2D eigenvalue weighted by Gasteiger charge is -2.14. The number of fused-ring (bicyclic) bond motifs is 1. The average molecular weight is 455 g/mol. The van der Waals surface area contributed by atoms with Crippen molar-refractivity contribution in [2.24, 2.45) is 0 Å². The van der Waals surface area contributed by atoms with Crippen molar-refractivity contribution in [2.45, 2.75) is 19.4 Å². The monoisotopic (exact) mass is 455 g/mol.